The third-order valence-corrected chi connectivity index (χ3v) is 3.94. The van der Waals surface area contributed by atoms with E-state index in [0.717, 1.165) is 32.7 Å². The minimum absolute atomic E-state index is 0.00415. The van der Waals surface area contributed by atoms with Gasteiger partial charge in [0, 0.05) is 38.1 Å². The predicted molar refractivity (Wildman–Crippen MR) is 87.1 cm³/mol. The number of amides is 1. The Labute approximate surface area is 136 Å². The molecule has 1 N–H and O–H groups in total. The first-order valence-electron chi connectivity index (χ1n) is 8.16. The normalized spacial score (nSPS) is 17.2. The lowest BCUT2D eigenvalue weighted by Gasteiger charge is -2.35. The fourth-order valence-electron chi connectivity index (χ4n) is 2.80. The second-order valence-electron chi connectivity index (χ2n) is 6.27. The molecular weight excluding hydrogens is 296 g/mol. The van der Waals surface area contributed by atoms with Crippen molar-refractivity contribution >= 4 is 5.91 Å². The minimum Gasteiger partial charge on any atom is -0.379 e. The van der Waals surface area contributed by atoms with Gasteiger partial charge in [0.1, 0.15) is 6.54 Å². The summed E-state index contributed by atoms with van der Waals surface area (Å²) in [6, 6.07) is 1.94. The molecule has 2 rings (SSSR count). The summed E-state index contributed by atoms with van der Waals surface area (Å²) in [5.41, 5.74) is -0.408. The zero-order valence-electron chi connectivity index (χ0n) is 13.9. The molecule has 0 saturated carbocycles. The van der Waals surface area contributed by atoms with Crippen molar-refractivity contribution < 1.29 is 9.53 Å². The summed E-state index contributed by atoms with van der Waals surface area (Å²) in [6.45, 7) is 8.25. The highest BCUT2D eigenvalue weighted by Crippen LogP contribution is 2.12. The van der Waals surface area contributed by atoms with Crippen molar-refractivity contribution in [1.82, 2.24) is 19.8 Å². The first-order valence-corrected chi connectivity index (χ1v) is 8.16. The van der Waals surface area contributed by atoms with E-state index in [1.807, 2.05) is 0 Å². The van der Waals surface area contributed by atoms with Gasteiger partial charge in [0.05, 0.1) is 13.2 Å². The number of carbonyl (C=O) groups excluding carboxylic acids is 1. The number of nitrogens with zero attached hydrogens (tertiary/aromatic N) is 3. The summed E-state index contributed by atoms with van der Waals surface area (Å²) < 4.78 is 6.71. The van der Waals surface area contributed by atoms with Crippen molar-refractivity contribution in [3.63, 3.8) is 0 Å². The van der Waals surface area contributed by atoms with Crippen molar-refractivity contribution in [2.45, 2.75) is 32.9 Å². The van der Waals surface area contributed by atoms with E-state index >= 15 is 0 Å². The minimum atomic E-state index is -0.408. The van der Waals surface area contributed by atoms with E-state index in [0.29, 0.717) is 18.5 Å². The molecular formula is C16H26N4O3. The van der Waals surface area contributed by atoms with Crippen LogP contribution in [0.5, 0.6) is 0 Å². The maximum atomic E-state index is 12.1. The summed E-state index contributed by atoms with van der Waals surface area (Å²) in [6.07, 6.45) is 4.02. The Balaban J connectivity index is 1.88. The number of hydrogen-bond acceptors (Lipinski definition) is 5. The Bertz CT molecular complexity index is 552. The molecule has 1 fully saturated rings. The smallest absolute Gasteiger partial charge is 0.347 e. The molecule has 7 heteroatoms. The van der Waals surface area contributed by atoms with E-state index in [4.69, 9.17) is 4.74 Å². The van der Waals surface area contributed by atoms with Crippen molar-refractivity contribution in [3.05, 3.63) is 28.9 Å². The molecule has 0 spiro atoms. The average molecular weight is 322 g/mol. The molecule has 1 aliphatic heterocycles. The van der Waals surface area contributed by atoms with E-state index < -0.39 is 5.69 Å². The largest absolute Gasteiger partial charge is 0.379 e. The van der Waals surface area contributed by atoms with Crippen LogP contribution in [0.2, 0.25) is 0 Å². The standard InChI is InChI=1S/C16H26N4O3/c1-13(2)10-14(19-6-8-23-9-7-19)11-18-15(21)12-20-5-3-4-17-16(20)22/h3-5,13-14H,6-12H2,1-2H3,(H,18,21). The maximum absolute atomic E-state index is 12.1. The second kappa shape index (κ2) is 8.79. The molecule has 1 saturated heterocycles. The van der Waals surface area contributed by atoms with Gasteiger partial charge in [-0.1, -0.05) is 13.8 Å². The molecule has 1 atom stereocenters. The monoisotopic (exact) mass is 322 g/mol. The Morgan fingerprint density at radius 1 is 1.39 bits per heavy atom. The average Bonchev–Trinajstić information content (AvgIpc) is 2.54. The molecule has 2 heterocycles. The van der Waals surface area contributed by atoms with Gasteiger partial charge in [-0.15, -0.1) is 0 Å². The van der Waals surface area contributed by atoms with Gasteiger partial charge >= 0.3 is 5.69 Å². The fraction of sp³-hybridized carbons (Fsp3) is 0.688. The first kappa shape index (κ1) is 17.6. The number of hydrogen-bond donors (Lipinski definition) is 1. The van der Waals surface area contributed by atoms with Crippen LogP contribution in [-0.4, -0.2) is 59.2 Å². The Hall–Kier alpha value is -1.73. The van der Waals surface area contributed by atoms with Crippen LogP contribution in [0.3, 0.4) is 0 Å². The zero-order chi connectivity index (χ0) is 16.7. The molecule has 0 aromatic carbocycles. The number of carbonyl (C=O) groups is 1. The number of ether oxygens (including phenoxy) is 1. The number of aromatic nitrogens is 2. The SMILES string of the molecule is CC(C)CC(CNC(=O)Cn1cccnc1=O)N1CCOCC1. The lowest BCUT2D eigenvalue weighted by atomic mass is 10.0. The third-order valence-electron chi connectivity index (χ3n) is 3.94. The molecule has 1 aromatic rings. The molecule has 23 heavy (non-hydrogen) atoms. The highest BCUT2D eigenvalue weighted by molar-refractivity contribution is 5.75. The van der Waals surface area contributed by atoms with Gasteiger partial charge < -0.3 is 10.1 Å². The molecule has 0 radical (unpaired) electrons. The van der Waals surface area contributed by atoms with Gasteiger partial charge in [0.25, 0.3) is 0 Å². The second-order valence-corrected chi connectivity index (χ2v) is 6.27. The Kier molecular flexibility index (Phi) is 6.73. The summed E-state index contributed by atoms with van der Waals surface area (Å²) in [7, 11) is 0. The van der Waals surface area contributed by atoms with Crippen molar-refractivity contribution in [2.24, 2.45) is 5.92 Å². The van der Waals surface area contributed by atoms with Crippen LogP contribution in [0.15, 0.2) is 23.3 Å². The number of rotatable bonds is 7. The number of morpholine rings is 1. The molecule has 1 amide bonds. The fourth-order valence-corrected chi connectivity index (χ4v) is 2.80. The molecule has 1 aliphatic rings. The van der Waals surface area contributed by atoms with Gasteiger partial charge in [-0.3, -0.25) is 14.3 Å². The molecule has 0 aliphatic carbocycles. The molecule has 128 valence electrons. The van der Waals surface area contributed by atoms with Crippen LogP contribution in [0.4, 0.5) is 0 Å². The summed E-state index contributed by atoms with van der Waals surface area (Å²) in [5.74, 6) is 0.391. The Morgan fingerprint density at radius 3 is 2.78 bits per heavy atom. The highest BCUT2D eigenvalue weighted by atomic mass is 16.5. The van der Waals surface area contributed by atoms with E-state index in [1.54, 1.807) is 12.3 Å². The van der Waals surface area contributed by atoms with Crippen molar-refractivity contribution in [2.75, 3.05) is 32.8 Å². The van der Waals surface area contributed by atoms with Crippen LogP contribution >= 0.6 is 0 Å². The van der Waals surface area contributed by atoms with Gasteiger partial charge in [0.2, 0.25) is 5.91 Å². The lowest BCUT2D eigenvalue weighted by molar-refractivity contribution is -0.122. The van der Waals surface area contributed by atoms with Crippen LogP contribution in [0.25, 0.3) is 0 Å². The van der Waals surface area contributed by atoms with Crippen molar-refractivity contribution in [1.29, 1.82) is 0 Å². The van der Waals surface area contributed by atoms with Crippen LogP contribution in [-0.2, 0) is 16.1 Å². The van der Waals surface area contributed by atoms with Gasteiger partial charge in [0.15, 0.2) is 0 Å². The van der Waals surface area contributed by atoms with E-state index in [1.165, 1.54) is 10.8 Å². The van der Waals surface area contributed by atoms with Crippen molar-refractivity contribution in [3.8, 4) is 0 Å². The third kappa shape index (κ3) is 5.76. The summed E-state index contributed by atoms with van der Waals surface area (Å²) in [5, 5.41) is 2.95. The predicted octanol–water partition coefficient (Wildman–Crippen LogP) is 0.106. The first-order chi connectivity index (χ1) is 11.1. The van der Waals surface area contributed by atoms with Crippen LogP contribution in [0.1, 0.15) is 20.3 Å². The molecule has 1 aromatic heterocycles. The molecule has 1 unspecified atom stereocenters. The van der Waals surface area contributed by atoms with E-state index in [-0.39, 0.29) is 12.5 Å². The van der Waals surface area contributed by atoms with Crippen LogP contribution < -0.4 is 11.0 Å². The van der Waals surface area contributed by atoms with Crippen LogP contribution in [0, 0.1) is 5.92 Å². The zero-order valence-corrected chi connectivity index (χ0v) is 13.9. The lowest BCUT2D eigenvalue weighted by Crippen LogP contribution is -2.49. The maximum Gasteiger partial charge on any atom is 0.347 e. The molecule has 7 nitrogen and oxygen atoms in total. The Morgan fingerprint density at radius 2 is 2.13 bits per heavy atom. The number of nitrogens with one attached hydrogen (secondary N) is 1. The summed E-state index contributed by atoms with van der Waals surface area (Å²) >= 11 is 0. The highest BCUT2D eigenvalue weighted by Gasteiger charge is 2.22. The van der Waals surface area contributed by atoms with Gasteiger partial charge in [-0.2, -0.15) is 0 Å². The van der Waals surface area contributed by atoms with Gasteiger partial charge in [-0.05, 0) is 18.4 Å². The van der Waals surface area contributed by atoms with Gasteiger partial charge in [-0.25, -0.2) is 9.78 Å². The van der Waals surface area contributed by atoms with E-state index in [2.05, 4.69) is 29.0 Å². The van der Waals surface area contributed by atoms with E-state index in [9.17, 15) is 9.59 Å². The summed E-state index contributed by atoms with van der Waals surface area (Å²) in [4.78, 5) is 29.7. The molecule has 0 bridgehead atoms. The quantitative estimate of drug-likeness (QED) is 0.771. The topological polar surface area (TPSA) is 76.5 Å².